The second-order valence-corrected chi connectivity index (χ2v) is 3.64. The van der Waals surface area contributed by atoms with Gasteiger partial charge in [0.25, 0.3) is 0 Å². The number of carbonyl (C=O) groups is 1. The third kappa shape index (κ3) is 2.29. The number of alkyl halides is 1. The largest absolute Gasteiger partial charge is 0.293 e. The highest BCUT2D eigenvalue weighted by Crippen LogP contribution is 2.20. The SMILES string of the molecule is Cc1cc(Cl)cc(C(=O)CBr)c1F. The van der Waals surface area contributed by atoms with Crippen molar-refractivity contribution in [3.8, 4) is 0 Å². The quantitative estimate of drug-likeness (QED) is 0.592. The van der Waals surface area contributed by atoms with Crippen LogP contribution in [0.2, 0.25) is 5.02 Å². The Labute approximate surface area is 89.0 Å². The number of hydrogen-bond acceptors (Lipinski definition) is 1. The summed E-state index contributed by atoms with van der Waals surface area (Å²) in [4.78, 5) is 11.2. The van der Waals surface area contributed by atoms with Crippen molar-refractivity contribution in [1.29, 1.82) is 0 Å². The molecule has 0 unspecified atom stereocenters. The van der Waals surface area contributed by atoms with E-state index in [2.05, 4.69) is 15.9 Å². The van der Waals surface area contributed by atoms with Crippen molar-refractivity contribution in [2.24, 2.45) is 0 Å². The lowest BCUT2D eigenvalue weighted by Crippen LogP contribution is -2.04. The van der Waals surface area contributed by atoms with Crippen LogP contribution in [0, 0.1) is 12.7 Å². The molecule has 0 heterocycles. The van der Waals surface area contributed by atoms with Crippen molar-refractivity contribution >= 4 is 33.3 Å². The van der Waals surface area contributed by atoms with Crippen LogP contribution in [0.15, 0.2) is 12.1 Å². The molecule has 4 heteroatoms. The second-order valence-electron chi connectivity index (χ2n) is 2.64. The Balaban J connectivity index is 3.28. The van der Waals surface area contributed by atoms with Crippen molar-refractivity contribution in [3.63, 3.8) is 0 Å². The Bertz CT molecular complexity index is 352. The molecule has 0 aromatic heterocycles. The number of hydrogen-bond donors (Lipinski definition) is 0. The number of Topliss-reactive ketones (excluding diaryl/α,β-unsaturated/α-hetero) is 1. The van der Waals surface area contributed by atoms with Crippen molar-refractivity contribution in [2.75, 3.05) is 5.33 Å². The second kappa shape index (κ2) is 4.20. The van der Waals surface area contributed by atoms with Gasteiger partial charge in [0.05, 0.1) is 10.9 Å². The molecule has 0 saturated carbocycles. The average Bonchev–Trinajstić information content (AvgIpc) is 2.10. The average molecular weight is 266 g/mol. The van der Waals surface area contributed by atoms with Crippen LogP contribution in [0.3, 0.4) is 0 Å². The van der Waals surface area contributed by atoms with E-state index in [0.717, 1.165) is 0 Å². The Morgan fingerprint density at radius 3 is 2.77 bits per heavy atom. The monoisotopic (exact) mass is 264 g/mol. The van der Waals surface area contributed by atoms with Crippen molar-refractivity contribution in [1.82, 2.24) is 0 Å². The van der Waals surface area contributed by atoms with E-state index in [4.69, 9.17) is 11.6 Å². The molecule has 0 atom stereocenters. The van der Waals surface area contributed by atoms with E-state index in [1.807, 2.05) is 0 Å². The standard InChI is InChI=1S/C9H7BrClFO/c1-5-2-6(11)3-7(9(5)12)8(13)4-10/h2-3H,4H2,1H3. The van der Waals surface area contributed by atoms with Gasteiger partial charge in [0.2, 0.25) is 0 Å². The van der Waals surface area contributed by atoms with Gasteiger partial charge in [-0.25, -0.2) is 4.39 Å². The van der Waals surface area contributed by atoms with Gasteiger partial charge >= 0.3 is 0 Å². The zero-order valence-corrected chi connectivity index (χ0v) is 9.25. The molecule has 1 rings (SSSR count). The molecule has 0 aliphatic rings. The molecule has 70 valence electrons. The molecular weight excluding hydrogens is 258 g/mol. The fourth-order valence-corrected chi connectivity index (χ4v) is 1.58. The maximum Gasteiger partial charge on any atom is 0.176 e. The maximum absolute atomic E-state index is 13.3. The van der Waals surface area contributed by atoms with Crippen LogP contribution in [-0.2, 0) is 0 Å². The van der Waals surface area contributed by atoms with E-state index in [1.165, 1.54) is 12.1 Å². The van der Waals surface area contributed by atoms with Crippen LogP contribution in [0.1, 0.15) is 15.9 Å². The van der Waals surface area contributed by atoms with E-state index in [9.17, 15) is 9.18 Å². The van der Waals surface area contributed by atoms with Gasteiger partial charge in [-0.2, -0.15) is 0 Å². The topological polar surface area (TPSA) is 17.1 Å². The first-order chi connectivity index (χ1) is 6.06. The molecule has 0 saturated heterocycles. The molecule has 0 spiro atoms. The highest BCUT2D eigenvalue weighted by atomic mass is 79.9. The lowest BCUT2D eigenvalue weighted by Gasteiger charge is -2.03. The summed E-state index contributed by atoms with van der Waals surface area (Å²) in [7, 11) is 0. The van der Waals surface area contributed by atoms with E-state index in [0.29, 0.717) is 10.6 Å². The summed E-state index contributed by atoms with van der Waals surface area (Å²) >= 11 is 8.66. The lowest BCUT2D eigenvalue weighted by molar-refractivity contribution is 0.102. The first-order valence-electron chi connectivity index (χ1n) is 3.61. The molecule has 0 fully saturated rings. The molecular formula is C9H7BrClFO. The first-order valence-corrected chi connectivity index (χ1v) is 5.11. The van der Waals surface area contributed by atoms with Gasteiger partial charge in [-0.05, 0) is 24.6 Å². The molecule has 0 radical (unpaired) electrons. The van der Waals surface area contributed by atoms with Crippen molar-refractivity contribution in [3.05, 3.63) is 34.1 Å². The minimum atomic E-state index is -0.492. The van der Waals surface area contributed by atoms with Crippen molar-refractivity contribution < 1.29 is 9.18 Å². The van der Waals surface area contributed by atoms with E-state index >= 15 is 0 Å². The van der Waals surface area contributed by atoms with Gasteiger partial charge in [0.1, 0.15) is 5.82 Å². The maximum atomic E-state index is 13.3. The first kappa shape index (κ1) is 10.7. The molecule has 0 amide bonds. The molecule has 0 bridgehead atoms. The van der Waals surface area contributed by atoms with Crippen LogP contribution < -0.4 is 0 Å². The van der Waals surface area contributed by atoms with Crippen LogP contribution in [0.25, 0.3) is 0 Å². The molecule has 1 aromatic rings. The number of rotatable bonds is 2. The molecule has 0 aliphatic carbocycles. The minimum absolute atomic E-state index is 0.0434. The smallest absolute Gasteiger partial charge is 0.176 e. The molecule has 0 aliphatic heterocycles. The summed E-state index contributed by atoms with van der Waals surface area (Å²) in [6, 6.07) is 2.83. The highest BCUT2D eigenvalue weighted by molar-refractivity contribution is 9.09. The Hall–Kier alpha value is -0.410. The minimum Gasteiger partial charge on any atom is -0.293 e. The third-order valence-corrected chi connectivity index (χ3v) is 2.37. The van der Waals surface area contributed by atoms with Gasteiger partial charge in [0, 0.05) is 5.02 Å². The molecule has 1 aromatic carbocycles. The van der Waals surface area contributed by atoms with Crippen LogP contribution in [0.4, 0.5) is 4.39 Å². The Kier molecular flexibility index (Phi) is 3.45. The highest BCUT2D eigenvalue weighted by Gasteiger charge is 2.13. The van der Waals surface area contributed by atoms with Gasteiger partial charge in [0.15, 0.2) is 5.78 Å². The summed E-state index contributed by atoms with van der Waals surface area (Å²) in [5.41, 5.74) is 0.429. The summed E-state index contributed by atoms with van der Waals surface area (Å²) in [5, 5.41) is 0.479. The summed E-state index contributed by atoms with van der Waals surface area (Å²) < 4.78 is 13.3. The number of ketones is 1. The predicted molar refractivity (Wildman–Crippen MR) is 54.3 cm³/mol. The molecule has 13 heavy (non-hydrogen) atoms. The Morgan fingerprint density at radius 2 is 2.23 bits per heavy atom. The molecule has 1 nitrogen and oxygen atoms in total. The van der Waals surface area contributed by atoms with Gasteiger partial charge in [-0.3, -0.25) is 4.79 Å². The molecule has 0 N–H and O–H groups in total. The van der Waals surface area contributed by atoms with Crippen LogP contribution >= 0.6 is 27.5 Å². The third-order valence-electron chi connectivity index (χ3n) is 1.64. The number of aryl methyl sites for hydroxylation is 1. The zero-order valence-electron chi connectivity index (χ0n) is 6.90. The van der Waals surface area contributed by atoms with Crippen molar-refractivity contribution in [2.45, 2.75) is 6.92 Å². The lowest BCUT2D eigenvalue weighted by atomic mass is 10.1. The van der Waals surface area contributed by atoms with Gasteiger partial charge < -0.3 is 0 Å². The Morgan fingerprint density at radius 1 is 1.62 bits per heavy atom. The van der Waals surface area contributed by atoms with E-state index < -0.39 is 5.82 Å². The predicted octanol–water partition coefficient (Wildman–Crippen LogP) is 3.37. The van der Waals surface area contributed by atoms with Crippen LogP contribution in [0.5, 0.6) is 0 Å². The van der Waals surface area contributed by atoms with E-state index in [-0.39, 0.29) is 16.7 Å². The fraction of sp³-hybridized carbons (Fsp3) is 0.222. The normalized spacial score (nSPS) is 10.2. The van der Waals surface area contributed by atoms with E-state index in [1.54, 1.807) is 6.92 Å². The zero-order chi connectivity index (χ0) is 10.0. The number of carbonyl (C=O) groups excluding carboxylic acids is 1. The summed E-state index contributed by atoms with van der Waals surface area (Å²) in [5.74, 6) is -0.794. The summed E-state index contributed by atoms with van der Waals surface area (Å²) in [6.45, 7) is 1.58. The van der Waals surface area contributed by atoms with Gasteiger partial charge in [-0.15, -0.1) is 0 Å². The number of benzene rings is 1. The van der Waals surface area contributed by atoms with Crippen LogP contribution in [-0.4, -0.2) is 11.1 Å². The fourth-order valence-electron chi connectivity index (χ4n) is 1.00. The number of halogens is 3. The summed E-state index contributed by atoms with van der Waals surface area (Å²) in [6.07, 6.45) is 0. The van der Waals surface area contributed by atoms with Gasteiger partial charge in [-0.1, -0.05) is 27.5 Å².